The molecule has 5 heteroatoms. The highest BCUT2D eigenvalue weighted by molar-refractivity contribution is 5.71. The number of aryl methyl sites for hydroxylation is 1. The molecule has 2 rings (SSSR count). The van der Waals surface area contributed by atoms with Gasteiger partial charge in [-0.15, -0.1) is 0 Å². The van der Waals surface area contributed by atoms with Crippen molar-refractivity contribution in [2.75, 3.05) is 19.8 Å². The summed E-state index contributed by atoms with van der Waals surface area (Å²) in [6.07, 6.45) is 2.79. The van der Waals surface area contributed by atoms with E-state index in [1.807, 2.05) is 42.5 Å². The number of nitrogens with one attached hydrogen (secondary N) is 1. The van der Waals surface area contributed by atoms with Gasteiger partial charge in [0.25, 0.3) is 0 Å². The lowest BCUT2D eigenvalue weighted by Crippen LogP contribution is -2.28. The van der Waals surface area contributed by atoms with E-state index in [2.05, 4.69) is 12.2 Å². The van der Waals surface area contributed by atoms with Gasteiger partial charge in [-0.3, -0.25) is 0 Å². The monoisotopic (exact) mass is 371 g/mol. The number of ether oxygens (including phenoxy) is 2. The molecule has 5 nitrogen and oxygen atoms in total. The molecule has 1 unspecified atom stereocenters. The van der Waals surface area contributed by atoms with Gasteiger partial charge in [0.2, 0.25) is 0 Å². The van der Waals surface area contributed by atoms with Gasteiger partial charge < -0.3 is 19.9 Å². The molecule has 0 saturated heterocycles. The van der Waals surface area contributed by atoms with Crippen LogP contribution in [-0.4, -0.2) is 36.9 Å². The number of esters is 1. The Morgan fingerprint density at radius 2 is 1.85 bits per heavy atom. The molecule has 0 fully saturated rings. The lowest BCUT2D eigenvalue weighted by molar-refractivity contribution is -0.145. The molecule has 0 amide bonds. The number of carbonyl (C=O) groups excluding carboxylic acids is 1. The van der Waals surface area contributed by atoms with Crippen LogP contribution in [0.5, 0.6) is 11.5 Å². The summed E-state index contributed by atoms with van der Waals surface area (Å²) < 4.78 is 10.2. The first-order valence-corrected chi connectivity index (χ1v) is 9.46. The Morgan fingerprint density at radius 3 is 2.56 bits per heavy atom. The zero-order valence-electron chi connectivity index (χ0n) is 16.1. The van der Waals surface area contributed by atoms with Crippen LogP contribution >= 0.6 is 0 Å². The molecule has 0 aliphatic carbocycles. The van der Waals surface area contributed by atoms with Gasteiger partial charge in [0.15, 0.2) is 6.61 Å². The van der Waals surface area contributed by atoms with Crippen LogP contribution in [0.15, 0.2) is 48.5 Å². The van der Waals surface area contributed by atoms with Gasteiger partial charge in [-0.25, -0.2) is 4.79 Å². The number of para-hydroxylation sites is 1. The van der Waals surface area contributed by atoms with Crippen molar-refractivity contribution in [3.05, 3.63) is 59.7 Å². The van der Waals surface area contributed by atoms with Crippen LogP contribution in [0.2, 0.25) is 0 Å². The molecule has 0 aromatic heterocycles. The Balaban J connectivity index is 1.66. The number of aromatic hydroxyl groups is 1. The Morgan fingerprint density at radius 1 is 1.11 bits per heavy atom. The second-order valence-electron chi connectivity index (χ2n) is 6.51. The quantitative estimate of drug-likeness (QED) is 0.592. The maximum atomic E-state index is 11.3. The molecule has 27 heavy (non-hydrogen) atoms. The van der Waals surface area contributed by atoms with E-state index >= 15 is 0 Å². The third-order valence-electron chi connectivity index (χ3n) is 4.33. The predicted octanol–water partition coefficient (Wildman–Crippen LogP) is 3.49. The van der Waals surface area contributed by atoms with Crippen LogP contribution < -0.4 is 10.1 Å². The van der Waals surface area contributed by atoms with Crippen LogP contribution in [-0.2, 0) is 22.4 Å². The fourth-order valence-electron chi connectivity index (χ4n) is 2.76. The van der Waals surface area contributed by atoms with Crippen molar-refractivity contribution in [1.29, 1.82) is 0 Å². The number of phenolic OH excluding ortho intramolecular Hbond substituents is 1. The molecule has 1 atom stereocenters. The SMILES string of the molecule is CCOC(=O)COc1ccc(CCC(C)NCCc2ccccc2O)cc1. The van der Waals surface area contributed by atoms with Crippen molar-refractivity contribution in [1.82, 2.24) is 5.32 Å². The van der Waals surface area contributed by atoms with Crippen molar-refractivity contribution in [3.63, 3.8) is 0 Å². The summed E-state index contributed by atoms with van der Waals surface area (Å²) in [4.78, 5) is 11.3. The Labute approximate surface area is 161 Å². The summed E-state index contributed by atoms with van der Waals surface area (Å²) in [5, 5.41) is 13.3. The second-order valence-corrected chi connectivity index (χ2v) is 6.51. The van der Waals surface area contributed by atoms with E-state index in [4.69, 9.17) is 9.47 Å². The van der Waals surface area contributed by atoms with E-state index in [1.54, 1.807) is 13.0 Å². The lowest BCUT2D eigenvalue weighted by atomic mass is 10.1. The molecule has 0 saturated carbocycles. The molecule has 0 aliphatic heterocycles. The maximum Gasteiger partial charge on any atom is 0.344 e. The standard InChI is InChI=1S/C22H29NO4/c1-3-26-22(25)16-27-20-12-10-18(11-13-20)9-8-17(2)23-15-14-19-6-4-5-7-21(19)24/h4-7,10-13,17,23-24H,3,8-9,14-16H2,1-2H3. The fourth-order valence-corrected chi connectivity index (χ4v) is 2.76. The van der Waals surface area contributed by atoms with Crippen molar-refractivity contribution >= 4 is 5.97 Å². The zero-order chi connectivity index (χ0) is 19.5. The molecule has 2 N–H and O–H groups in total. The molecule has 0 aliphatic rings. The number of benzene rings is 2. The lowest BCUT2D eigenvalue weighted by Gasteiger charge is -2.14. The third kappa shape index (κ3) is 7.71. The molecule has 2 aromatic carbocycles. The van der Waals surface area contributed by atoms with Gasteiger partial charge in [0, 0.05) is 6.04 Å². The summed E-state index contributed by atoms with van der Waals surface area (Å²) in [5.74, 6) is 0.670. The highest BCUT2D eigenvalue weighted by Crippen LogP contribution is 2.16. The minimum Gasteiger partial charge on any atom is -0.508 e. The van der Waals surface area contributed by atoms with Gasteiger partial charge in [-0.05, 0) is 69.0 Å². The van der Waals surface area contributed by atoms with Gasteiger partial charge in [0.1, 0.15) is 11.5 Å². The Bertz CT molecular complexity index is 700. The normalized spacial score (nSPS) is 11.8. The van der Waals surface area contributed by atoms with Crippen LogP contribution in [0.3, 0.4) is 0 Å². The molecule has 0 spiro atoms. The predicted molar refractivity (Wildman–Crippen MR) is 106 cm³/mol. The Kier molecular flexibility index (Phi) is 8.65. The van der Waals surface area contributed by atoms with E-state index in [0.717, 1.165) is 31.4 Å². The Hall–Kier alpha value is -2.53. The van der Waals surface area contributed by atoms with Gasteiger partial charge in [-0.1, -0.05) is 30.3 Å². The third-order valence-corrected chi connectivity index (χ3v) is 4.33. The van der Waals surface area contributed by atoms with E-state index in [-0.39, 0.29) is 12.6 Å². The van der Waals surface area contributed by atoms with Crippen LogP contribution in [0.25, 0.3) is 0 Å². The molecule has 0 bridgehead atoms. The van der Waals surface area contributed by atoms with Crippen molar-refractivity contribution in [2.24, 2.45) is 0 Å². The minimum atomic E-state index is -0.356. The molecule has 0 radical (unpaired) electrons. The number of rotatable bonds is 11. The van der Waals surface area contributed by atoms with Crippen LogP contribution in [0.1, 0.15) is 31.4 Å². The van der Waals surface area contributed by atoms with E-state index < -0.39 is 0 Å². The first kappa shape index (κ1) is 20.8. The van der Waals surface area contributed by atoms with E-state index in [9.17, 15) is 9.90 Å². The second kappa shape index (κ2) is 11.2. The average Bonchev–Trinajstić information content (AvgIpc) is 2.67. The largest absolute Gasteiger partial charge is 0.508 e. The van der Waals surface area contributed by atoms with Crippen LogP contribution in [0, 0.1) is 0 Å². The summed E-state index contributed by atoms with van der Waals surface area (Å²) in [6, 6.07) is 15.6. The molecule has 2 aromatic rings. The van der Waals surface area contributed by atoms with Crippen molar-refractivity contribution in [2.45, 2.75) is 39.2 Å². The van der Waals surface area contributed by atoms with Crippen molar-refractivity contribution < 1.29 is 19.4 Å². The fraction of sp³-hybridized carbons (Fsp3) is 0.409. The van der Waals surface area contributed by atoms with Crippen molar-refractivity contribution in [3.8, 4) is 11.5 Å². The summed E-state index contributed by atoms with van der Waals surface area (Å²) >= 11 is 0. The molecular weight excluding hydrogens is 342 g/mol. The first-order chi connectivity index (χ1) is 13.1. The molecule has 146 valence electrons. The average molecular weight is 371 g/mol. The number of phenols is 1. The van der Waals surface area contributed by atoms with E-state index in [0.29, 0.717) is 24.1 Å². The molecular formula is C22H29NO4. The summed E-state index contributed by atoms with van der Waals surface area (Å²) in [5.41, 5.74) is 2.20. The smallest absolute Gasteiger partial charge is 0.344 e. The van der Waals surface area contributed by atoms with E-state index in [1.165, 1.54) is 5.56 Å². The molecule has 0 heterocycles. The van der Waals surface area contributed by atoms with Crippen LogP contribution in [0.4, 0.5) is 0 Å². The highest BCUT2D eigenvalue weighted by Gasteiger charge is 2.06. The first-order valence-electron chi connectivity index (χ1n) is 9.46. The topological polar surface area (TPSA) is 67.8 Å². The van der Waals surface area contributed by atoms with Gasteiger partial charge in [-0.2, -0.15) is 0 Å². The summed E-state index contributed by atoms with van der Waals surface area (Å²) in [6.45, 7) is 5.07. The zero-order valence-corrected chi connectivity index (χ0v) is 16.1. The highest BCUT2D eigenvalue weighted by atomic mass is 16.6. The summed E-state index contributed by atoms with van der Waals surface area (Å²) in [7, 11) is 0. The maximum absolute atomic E-state index is 11.3. The number of carbonyl (C=O) groups is 1. The number of hydrogen-bond donors (Lipinski definition) is 2. The minimum absolute atomic E-state index is 0.0644. The van der Waals surface area contributed by atoms with Gasteiger partial charge in [0.05, 0.1) is 6.61 Å². The number of hydrogen-bond acceptors (Lipinski definition) is 5. The van der Waals surface area contributed by atoms with Gasteiger partial charge >= 0.3 is 5.97 Å².